The molecule has 0 aromatic heterocycles. The van der Waals surface area contributed by atoms with Crippen molar-refractivity contribution in [3.8, 4) is 0 Å². The Morgan fingerprint density at radius 2 is 1.05 bits per heavy atom. The van der Waals surface area contributed by atoms with Crippen molar-refractivity contribution in [3.05, 3.63) is 48.6 Å². The lowest BCUT2D eigenvalue weighted by atomic mass is 10.0. The van der Waals surface area contributed by atoms with Gasteiger partial charge in [-0.05, 0) is 77.0 Å². The van der Waals surface area contributed by atoms with Crippen LogP contribution in [0.2, 0.25) is 0 Å². The largest absolute Gasteiger partial charge is 0.481 e. The van der Waals surface area contributed by atoms with Crippen LogP contribution >= 0.6 is 0 Å². The molecule has 4 heteroatoms. The highest BCUT2D eigenvalue weighted by Crippen LogP contribution is 2.18. The Morgan fingerprint density at radius 3 is 1.62 bits per heavy atom. The van der Waals surface area contributed by atoms with Crippen molar-refractivity contribution in [1.29, 1.82) is 0 Å². The lowest BCUT2D eigenvalue weighted by molar-refractivity contribution is -0.150. The lowest BCUT2D eigenvalue weighted by Gasteiger charge is -2.18. The van der Waals surface area contributed by atoms with Crippen molar-refractivity contribution in [3.63, 3.8) is 0 Å². The Labute approximate surface area is 247 Å². The zero-order valence-electron chi connectivity index (χ0n) is 26.1. The number of carbonyl (C=O) groups excluding carboxylic acids is 1. The zero-order valence-corrected chi connectivity index (χ0v) is 26.1. The highest BCUT2D eigenvalue weighted by molar-refractivity contribution is 5.69. The van der Waals surface area contributed by atoms with Gasteiger partial charge in [-0.25, -0.2) is 0 Å². The maximum absolute atomic E-state index is 12.5. The first-order chi connectivity index (χ1) is 19.6. The molecule has 230 valence electrons. The summed E-state index contributed by atoms with van der Waals surface area (Å²) in [6.45, 7) is 4.39. The van der Waals surface area contributed by atoms with Crippen LogP contribution in [0.1, 0.15) is 162 Å². The average Bonchev–Trinajstić information content (AvgIpc) is 2.93. The van der Waals surface area contributed by atoms with Gasteiger partial charge in [0.25, 0.3) is 0 Å². The molecule has 0 saturated heterocycles. The van der Waals surface area contributed by atoms with Crippen LogP contribution in [0.15, 0.2) is 48.6 Å². The number of rotatable bonds is 29. The molecule has 0 aliphatic rings. The van der Waals surface area contributed by atoms with E-state index in [1.807, 2.05) is 0 Å². The van der Waals surface area contributed by atoms with E-state index in [2.05, 4.69) is 62.5 Å². The minimum Gasteiger partial charge on any atom is -0.481 e. The van der Waals surface area contributed by atoms with Crippen LogP contribution in [0, 0.1) is 0 Å². The molecule has 1 atom stereocenters. The molecule has 0 saturated carbocycles. The van der Waals surface area contributed by atoms with Gasteiger partial charge in [0.05, 0.1) is 0 Å². The quantitative estimate of drug-likeness (QED) is 0.0563. The van der Waals surface area contributed by atoms with E-state index in [0.29, 0.717) is 6.42 Å². The molecular formula is C36H62O4. The highest BCUT2D eigenvalue weighted by atomic mass is 16.5. The van der Waals surface area contributed by atoms with Crippen molar-refractivity contribution in [2.45, 2.75) is 168 Å². The van der Waals surface area contributed by atoms with Gasteiger partial charge in [0.2, 0.25) is 0 Å². The van der Waals surface area contributed by atoms with Gasteiger partial charge in [0, 0.05) is 12.8 Å². The number of ether oxygens (including phenoxy) is 1. The summed E-state index contributed by atoms with van der Waals surface area (Å²) >= 11 is 0. The molecule has 0 aliphatic carbocycles. The Balaban J connectivity index is 3.97. The fourth-order valence-electron chi connectivity index (χ4n) is 4.64. The van der Waals surface area contributed by atoms with Crippen molar-refractivity contribution in [1.82, 2.24) is 0 Å². The van der Waals surface area contributed by atoms with Crippen molar-refractivity contribution < 1.29 is 19.4 Å². The molecule has 0 heterocycles. The predicted octanol–water partition coefficient (Wildman–Crippen LogP) is 11.2. The van der Waals surface area contributed by atoms with E-state index in [1.54, 1.807) is 0 Å². The smallest absolute Gasteiger partial charge is 0.306 e. The SMILES string of the molecule is CC/C=C\C/C=C\C/C=C\C/C=C\CCCCCCC(=O)OC(CCCCCCCC)CCCCCCC(=O)O. The predicted molar refractivity (Wildman–Crippen MR) is 172 cm³/mol. The van der Waals surface area contributed by atoms with Crippen LogP contribution in [0.3, 0.4) is 0 Å². The van der Waals surface area contributed by atoms with Gasteiger partial charge in [-0.15, -0.1) is 0 Å². The molecule has 1 N–H and O–H groups in total. The summed E-state index contributed by atoms with van der Waals surface area (Å²) in [4.78, 5) is 23.2. The molecule has 0 fully saturated rings. The Kier molecular flexibility index (Phi) is 29.8. The second-order valence-corrected chi connectivity index (χ2v) is 11.0. The van der Waals surface area contributed by atoms with E-state index in [0.717, 1.165) is 96.3 Å². The van der Waals surface area contributed by atoms with E-state index >= 15 is 0 Å². The fraction of sp³-hybridized carbons (Fsp3) is 0.722. The van der Waals surface area contributed by atoms with Gasteiger partial charge in [-0.2, -0.15) is 0 Å². The summed E-state index contributed by atoms with van der Waals surface area (Å²) in [5.41, 5.74) is 0. The summed E-state index contributed by atoms with van der Waals surface area (Å²) in [5.74, 6) is -0.759. The zero-order chi connectivity index (χ0) is 29.4. The minimum absolute atomic E-state index is 0.0244. The van der Waals surface area contributed by atoms with Gasteiger partial charge < -0.3 is 9.84 Å². The summed E-state index contributed by atoms with van der Waals surface area (Å²) in [6, 6.07) is 0. The normalized spacial score (nSPS) is 12.8. The first-order valence-corrected chi connectivity index (χ1v) is 16.6. The Morgan fingerprint density at radius 1 is 0.575 bits per heavy atom. The number of allylic oxidation sites excluding steroid dienone is 8. The second-order valence-electron chi connectivity index (χ2n) is 11.0. The average molecular weight is 559 g/mol. The van der Waals surface area contributed by atoms with Crippen molar-refractivity contribution >= 4 is 11.9 Å². The number of unbranched alkanes of at least 4 members (excludes halogenated alkanes) is 12. The molecule has 0 rings (SSSR count). The number of carbonyl (C=O) groups is 2. The molecule has 40 heavy (non-hydrogen) atoms. The molecule has 4 nitrogen and oxygen atoms in total. The molecular weight excluding hydrogens is 496 g/mol. The van der Waals surface area contributed by atoms with Gasteiger partial charge in [0.15, 0.2) is 0 Å². The fourth-order valence-corrected chi connectivity index (χ4v) is 4.64. The standard InChI is InChI=1S/C36H62O4/c1-3-5-7-9-11-12-13-14-15-16-17-18-19-20-21-23-29-33-36(39)40-34(30-26-22-10-8-6-4-2)31-27-24-25-28-32-35(37)38/h5,7,11-12,14-15,17-18,34H,3-4,6,8-10,13,16,19-33H2,1-2H3,(H,37,38)/b7-5-,12-11-,15-14-,18-17-. The van der Waals surface area contributed by atoms with Crippen LogP contribution < -0.4 is 0 Å². The molecule has 0 amide bonds. The maximum Gasteiger partial charge on any atom is 0.306 e. The monoisotopic (exact) mass is 558 g/mol. The summed E-state index contributed by atoms with van der Waals surface area (Å²) in [5, 5.41) is 8.78. The number of esters is 1. The van der Waals surface area contributed by atoms with E-state index in [9.17, 15) is 9.59 Å². The van der Waals surface area contributed by atoms with E-state index in [1.165, 1.54) is 38.5 Å². The van der Waals surface area contributed by atoms with E-state index in [-0.39, 0.29) is 18.5 Å². The van der Waals surface area contributed by atoms with Crippen molar-refractivity contribution in [2.24, 2.45) is 0 Å². The third-order valence-corrected chi connectivity index (χ3v) is 7.07. The van der Waals surface area contributed by atoms with E-state index in [4.69, 9.17) is 9.84 Å². The molecule has 0 aromatic carbocycles. The number of carboxylic acid groups (broad SMARTS) is 1. The Bertz CT molecular complexity index is 689. The molecule has 0 spiro atoms. The van der Waals surface area contributed by atoms with Gasteiger partial charge in [-0.1, -0.05) is 120 Å². The number of hydrogen-bond donors (Lipinski definition) is 1. The summed E-state index contributed by atoms with van der Waals surface area (Å²) in [7, 11) is 0. The van der Waals surface area contributed by atoms with Crippen LogP contribution in [0.4, 0.5) is 0 Å². The summed E-state index contributed by atoms with van der Waals surface area (Å²) < 4.78 is 5.89. The summed E-state index contributed by atoms with van der Waals surface area (Å²) in [6.07, 6.45) is 41.2. The van der Waals surface area contributed by atoms with Crippen LogP contribution in [0.25, 0.3) is 0 Å². The molecule has 0 radical (unpaired) electrons. The first-order valence-electron chi connectivity index (χ1n) is 16.6. The van der Waals surface area contributed by atoms with Crippen LogP contribution in [0.5, 0.6) is 0 Å². The first kappa shape index (κ1) is 37.9. The minimum atomic E-state index is -0.718. The molecule has 0 aromatic rings. The van der Waals surface area contributed by atoms with Gasteiger partial charge in [-0.3, -0.25) is 9.59 Å². The highest BCUT2D eigenvalue weighted by Gasteiger charge is 2.14. The van der Waals surface area contributed by atoms with E-state index < -0.39 is 5.97 Å². The maximum atomic E-state index is 12.5. The number of aliphatic carboxylic acids is 1. The topological polar surface area (TPSA) is 63.6 Å². The molecule has 0 aliphatic heterocycles. The Hall–Kier alpha value is -2.10. The van der Waals surface area contributed by atoms with Gasteiger partial charge >= 0.3 is 11.9 Å². The van der Waals surface area contributed by atoms with Crippen LogP contribution in [-0.2, 0) is 14.3 Å². The third-order valence-electron chi connectivity index (χ3n) is 7.07. The lowest BCUT2D eigenvalue weighted by Crippen LogP contribution is -2.18. The van der Waals surface area contributed by atoms with Crippen molar-refractivity contribution in [2.75, 3.05) is 0 Å². The number of hydrogen-bond acceptors (Lipinski definition) is 3. The number of carboxylic acids is 1. The molecule has 1 unspecified atom stereocenters. The third kappa shape index (κ3) is 30.4. The second kappa shape index (κ2) is 31.4. The molecule has 0 bridgehead atoms. The van der Waals surface area contributed by atoms with Gasteiger partial charge in [0.1, 0.15) is 6.10 Å². The van der Waals surface area contributed by atoms with Crippen LogP contribution in [-0.4, -0.2) is 23.1 Å².